The first kappa shape index (κ1) is 22.3. The third-order valence-corrected chi connectivity index (χ3v) is 11.0. The number of nitrogens with one attached hydrogen (secondary N) is 1. The number of rotatable bonds is 5. The minimum absolute atomic E-state index is 0.0795. The lowest BCUT2D eigenvalue weighted by Gasteiger charge is -2.56. The number of hydrogen-bond acceptors (Lipinski definition) is 7. The summed E-state index contributed by atoms with van der Waals surface area (Å²) < 4.78 is 5.09. The molecule has 1 N–H and O–H groups in total. The maximum absolute atomic E-state index is 12.8. The Morgan fingerprint density at radius 2 is 1.94 bits per heavy atom. The number of anilines is 1. The second-order valence-electron chi connectivity index (χ2n) is 11.7. The summed E-state index contributed by atoms with van der Waals surface area (Å²) in [5.74, 6) is 5.73. The summed E-state index contributed by atoms with van der Waals surface area (Å²) in [6, 6.07) is 1.74. The van der Waals surface area contributed by atoms with Crippen LogP contribution in [0.25, 0.3) is 10.2 Å². The average molecular weight is 509 g/mol. The monoisotopic (exact) mass is 508 g/mol. The minimum Gasteiger partial charge on any atom is -0.360 e. The zero-order chi connectivity index (χ0) is 23.7. The van der Waals surface area contributed by atoms with Crippen molar-refractivity contribution in [1.29, 1.82) is 0 Å². The molecule has 35 heavy (non-hydrogen) atoms. The molecule has 0 saturated heterocycles. The quantitative estimate of drug-likeness (QED) is 0.321. The van der Waals surface area contributed by atoms with E-state index < -0.39 is 0 Å². The van der Waals surface area contributed by atoms with Crippen molar-refractivity contribution in [2.24, 2.45) is 23.7 Å². The van der Waals surface area contributed by atoms with Crippen LogP contribution in [0.5, 0.6) is 0 Å². The Kier molecular flexibility index (Phi) is 5.28. The van der Waals surface area contributed by atoms with E-state index in [1.54, 1.807) is 17.8 Å². The van der Waals surface area contributed by atoms with Crippen molar-refractivity contribution in [3.63, 3.8) is 0 Å². The Labute approximate surface area is 214 Å². The first-order chi connectivity index (χ1) is 16.9. The number of carbonyl (C=O) groups is 1. The third kappa shape index (κ3) is 3.91. The maximum Gasteiger partial charge on any atom is 0.236 e. The molecule has 4 fully saturated rings. The van der Waals surface area contributed by atoms with Gasteiger partial charge in [-0.2, -0.15) is 0 Å². The van der Waals surface area contributed by atoms with Crippen molar-refractivity contribution in [3.8, 4) is 0 Å². The van der Waals surface area contributed by atoms with E-state index in [1.807, 2.05) is 18.3 Å². The van der Waals surface area contributed by atoms with Crippen LogP contribution in [-0.4, -0.2) is 26.8 Å². The number of carbonyl (C=O) groups excluding carboxylic acids is 1. The number of nitrogens with zero attached hydrogens (tertiary/aromatic N) is 3. The first-order valence-corrected chi connectivity index (χ1v) is 14.9. The van der Waals surface area contributed by atoms with Crippen LogP contribution in [0.4, 0.5) is 5.82 Å². The van der Waals surface area contributed by atoms with Gasteiger partial charge >= 0.3 is 0 Å². The van der Waals surface area contributed by atoms with Gasteiger partial charge in [0.25, 0.3) is 0 Å². The summed E-state index contributed by atoms with van der Waals surface area (Å²) in [5.41, 5.74) is 1.59. The minimum atomic E-state index is -0.0795. The number of aromatic nitrogens is 3. The third-order valence-electron chi connectivity index (χ3n) is 8.87. The Hall–Kier alpha value is -1.93. The number of hydrogen-bond donors (Lipinski definition) is 1. The van der Waals surface area contributed by atoms with Gasteiger partial charge in [0, 0.05) is 21.7 Å². The van der Waals surface area contributed by atoms with Crippen LogP contribution in [0.2, 0.25) is 0 Å². The molecule has 1 amide bonds. The van der Waals surface area contributed by atoms with E-state index in [9.17, 15) is 4.79 Å². The molecular formula is C27H32N4O2S2. The first-order valence-electron chi connectivity index (χ1n) is 13.1. The van der Waals surface area contributed by atoms with Gasteiger partial charge in [-0.05, 0) is 93.9 Å². The second-order valence-corrected chi connectivity index (χ2v) is 13.8. The molecule has 4 saturated carbocycles. The van der Waals surface area contributed by atoms with E-state index in [0.717, 1.165) is 52.2 Å². The molecule has 8 rings (SSSR count). The average Bonchev–Trinajstić information content (AvgIpc) is 3.38. The molecule has 4 bridgehead atoms. The van der Waals surface area contributed by atoms with Crippen LogP contribution >= 0.6 is 23.1 Å². The standard InChI is InChI=1S/C27H32N4O2S2/c1-14-3-4-19-20(5-14)35-25-23(19)24(34-13-22(32)28-21-6-15(2)33-31-21)29-26(30-25)27-10-16-7-17(11-27)9-18(8-16)12-27/h6,14,16-18H,3-5,7-13H2,1-2H3,(H,28,31,32)/t14-,16?,17?,18?,27?/m0/s1. The fourth-order valence-corrected chi connectivity index (χ4v) is 10.1. The summed E-state index contributed by atoms with van der Waals surface area (Å²) in [5, 5.41) is 8.99. The van der Waals surface area contributed by atoms with Gasteiger partial charge in [-0.15, -0.1) is 11.3 Å². The Morgan fingerprint density at radius 3 is 2.63 bits per heavy atom. The predicted octanol–water partition coefficient (Wildman–Crippen LogP) is 6.31. The number of amides is 1. The van der Waals surface area contributed by atoms with Gasteiger partial charge in [-0.1, -0.05) is 23.8 Å². The molecule has 5 aliphatic carbocycles. The lowest BCUT2D eigenvalue weighted by atomic mass is 9.49. The van der Waals surface area contributed by atoms with Crippen molar-refractivity contribution < 1.29 is 9.32 Å². The van der Waals surface area contributed by atoms with Crippen LogP contribution < -0.4 is 5.32 Å². The van der Waals surface area contributed by atoms with Crippen molar-refractivity contribution in [3.05, 3.63) is 28.1 Å². The molecule has 1 atom stereocenters. The zero-order valence-electron chi connectivity index (χ0n) is 20.4. The van der Waals surface area contributed by atoms with Crippen LogP contribution in [-0.2, 0) is 23.1 Å². The molecule has 3 aromatic heterocycles. The fourth-order valence-electron chi connectivity index (χ4n) is 7.77. The highest BCUT2D eigenvalue weighted by Crippen LogP contribution is 2.60. The Balaban J connectivity index is 1.25. The van der Waals surface area contributed by atoms with Crippen LogP contribution in [0.15, 0.2) is 15.6 Å². The highest BCUT2D eigenvalue weighted by Gasteiger charge is 2.53. The van der Waals surface area contributed by atoms with Gasteiger partial charge in [-0.3, -0.25) is 4.79 Å². The van der Waals surface area contributed by atoms with E-state index in [1.165, 1.54) is 60.8 Å². The lowest BCUT2D eigenvalue weighted by Crippen LogP contribution is -2.49. The largest absolute Gasteiger partial charge is 0.360 e. The summed E-state index contributed by atoms with van der Waals surface area (Å²) >= 11 is 3.45. The van der Waals surface area contributed by atoms with Crippen LogP contribution in [0.3, 0.4) is 0 Å². The summed E-state index contributed by atoms with van der Waals surface area (Å²) in [7, 11) is 0. The van der Waals surface area contributed by atoms with Gasteiger partial charge in [0.2, 0.25) is 5.91 Å². The molecule has 3 heterocycles. The predicted molar refractivity (Wildman–Crippen MR) is 139 cm³/mol. The number of thiophene rings is 1. The molecule has 184 valence electrons. The van der Waals surface area contributed by atoms with Gasteiger partial charge in [0.1, 0.15) is 21.4 Å². The van der Waals surface area contributed by atoms with E-state index in [4.69, 9.17) is 14.5 Å². The Morgan fingerprint density at radius 1 is 1.20 bits per heavy atom. The molecule has 3 aromatic rings. The van der Waals surface area contributed by atoms with Gasteiger partial charge in [0.15, 0.2) is 5.82 Å². The molecule has 0 spiro atoms. The zero-order valence-corrected chi connectivity index (χ0v) is 22.1. The number of fused-ring (bicyclic) bond motifs is 3. The topological polar surface area (TPSA) is 80.9 Å². The number of aryl methyl sites for hydroxylation is 2. The van der Waals surface area contributed by atoms with E-state index in [-0.39, 0.29) is 11.3 Å². The molecule has 0 aliphatic heterocycles. The molecule has 0 unspecified atom stereocenters. The van der Waals surface area contributed by atoms with E-state index >= 15 is 0 Å². The van der Waals surface area contributed by atoms with Crippen LogP contribution in [0.1, 0.15) is 73.9 Å². The SMILES string of the molecule is Cc1cc(NC(=O)CSc2nc(C34CC5CC(CC(C5)C3)C4)nc3sc4c(c23)CC[C@H](C)C4)no1. The second kappa shape index (κ2) is 8.30. The summed E-state index contributed by atoms with van der Waals surface area (Å²) in [4.78, 5) is 26.0. The van der Waals surface area contributed by atoms with Crippen molar-refractivity contribution >= 4 is 45.0 Å². The summed E-state index contributed by atoms with van der Waals surface area (Å²) in [6.45, 7) is 4.17. The normalized spacial score (nSPS) is 31.1. The van der Waals surface area contributed by atoms with Crippen molar-refractivity contribution in [2.75, 3.05) is 11.1 Å². The van der Waals surface area contributed by atoms with E-state index in [0.29, 0.717) is 17.3 Å². The van der Waals surface area contributed by atoms with Gasteiger partial charge in [0.05, 0.1) is 5.75 Å². The van der Waals surface area contributed by atoms with Crippen molar-refractivity contribution in [1.82, 2.24) is 15.1 Å². The summed E-state index contributed by atoms with van der Waals surface area (Å²) in [6.07, 6.45) is 11.4. The molecule has 8 heteroatoms. The van der Waals surface area contributed by atoms with E-state index in [2.05, 4.69) is 17.4 Å². The van der Waals surface area contributed by atoms with Gasteiger partial charge in [-0.25, -0.2) is 9.97 Å². The van der Waals surface area contributed by atoms with Gasteiger partial charge < -0.3 is 9.84 Å². The molecule has 5 aliphatic rings. The van der Waals surface area contributed by atoms with Crippen LogP contribution in [0, 0.1) is 30.6 Å². The smallest absolute Gasteiger partial charge is 0.236 e. The molecule has 6 nitrogen and oxygen atoms in total. The highest BCUT2D eigenvalue weighted by atomic mass is 32.2. The van der Waals surface area contributed by atoms with Crippen molar-refractivity contribution in [2.45, 2.75) is 82.1 Å². The number of thioether (sulfide) groups is 1. The maximum atomic E-state index is 12.8. The Bertz CT molecular complexity index is 1280. The molecule has 0 aromatic carbocycles. The highest BCUT2D eigenvalue weighted by molar-refractivity contribution is 8.00. The lowest BCUT2D eigenvalue weighted by molar-refractivity contribution is -0.113. The fraction of sp³-hybridized carbons (Fsp3) is 0.630. The molecule has 0 radical (unpaired) electrons. The molecular weight excluding hydrogens is 476 g/mol.